The molecule has 0 spiro atoms. The Kier molecular flexibility index (Phi) is 5.81. The summed E-state index contributed by atoms with van der Waals surface area (Å²) in [4.78, 5) is 12.3. The minimum atomic E-state index is -3.82. The van der Waals surface area contributed by atoms with Crippen LogP contribution in [0, 0.1) is 0 Å². The van der Waals surface area contributed by atoms with E-state index in [1.54, 1.807) is 18.2 Å². The van der Waals surface area contributed by atoms with Crippen LogP contribution in [0.4, 0.5) is 11.4 Å². The molecule has 4 N–H and O–H groups in total. The highest BCUT2D eigenvalue weighted by Gasteiger charge is 2.15. The normalized spacial score (nSPS) is 11.2. The Morgan fingerprint density at radius 2 is 1.85 bits per heavy atom. The lowest BCUT2D eigenvalue weighted by Gasteiger charge is -2.11. The Morgan fingerprint density at radius 3 is 2.48 bits per heavy atom. The summed E-state index contributed by atoms with van der Waals surface area (Å²) in [5.41, 5.74) is 2.57. The van der Waals surface area contributed by atoms with Gasteiger partial charge < -0.3 is 10.6 Å². The maximum Gasteiger partial charge on any atom is 0.256 e. The number of anilines is 2. The first-order chi connectivity index (χ1) is 12.8. The summed E-state index contributed by atoms with van der Waals surface area (Å²) < 4.78 is 22.5. The fraction of sp³-hybridized carbons (Fsp3) is 0.0556. The van der Waals surface area contributed by atoms with Gasteiger partial charge in [0, 0.05) is 17.6 Å². The Morgan fingerprint density at radius 1 is 1.11 bits per heavy atom. The van der Waals surface area contributed by atoms with Gasteiger partial charge >= 0.3 is 0 Å². The van der Waals surface area contributed by atoms with Crippen LogP contribution in [0.25, 0.3) is 0 Å². The minimum absolute atomic E-state index is 0.0638. The van der Waals surface area contributed by atoms with E-state index in [1.807, 2.05) is 30.3 Å². The molecule has 0 saturated heterocycles. The number of carbonyl (C=O) groups excluding carboxylic acids is 1. The van der Waals surface area contributed by atoms with Crippen molar-refractivity contribution in [2.75, 3.05) is 10.6 Å². The third-order valence-electron chi connectivity index (χ3n) is 3.67. The molecular weight excluding hydrogens is 406 g/mol. The molecule has 1 amide bonds. The van der Waals surface area contributed by atoms with Crippen LogP contribution >= 0.6 is 22.9 Å². The van der Waals surface area contributed by atoms with Gasteiger partial charge in [0.05, 0.1) is 16.3 Å². The second-order valence-electron chi connectivity index (χ2n) is 5.69. The number of nitrogens with two attached hydrogens (primary N) is 1. The van der Waals surface area contributed by atoms with Gasteiger partial charge in [-0.05, 0) is 29.8 Å². The van der Waals surface area contributed by atoms with Crippen molar-refractivity contribution >= 4 is 50.2 Å². The van der Waals surface area contributed by atoms with E-state index < -0.39 is 15.9 Å². The molecule has 1 heterocycles. The standard InChI is InChI=1S/C18H16ClN3O3S2/c19-15-9-14(6-7-16(15)21-10-12-4-2-1-3-5-12)22-18(23)13-8-17(26-11-13)27(20,24)25/h1-9,11,21H,10H2,(H,22,23)(H2,20,24,25). The first-order valence-electron chi connectivity index (χ1n) is 7.83. The van der Waals surface area contributed by atoms with Crippen molar-refractivity contribution in [3.05, 3.63) is 76.1 Å². The molecule has 0 unspecified atom stereocenters. The van der Waals surface area contributed by atoms with Crippen molar-refractivity contribution in [1.82, 2.24) is 0 Å². The van der Waals surface area contributed by atoms with E-state index in [0.717, 1.165) is 22.6 Å². The fourth-order valence-corrected chi connectivity index (χ4v) is 4.15. The molecule has 0 aliphatic heterocycles. The highest BCUT2D eigenvalue weighted by molar-refractivity contribution is 7.91. The highest BCUT2D eigenvalue weighted by atomic mass is 35.5. The first-order valence-corrected chi connectivity index (χ1v) is 10.6. The molecule has 0 fully saturated rings. The zero-order valence-electron chi connectivity index (χ0n) is 14.0. The van der Waals surface area contributed by atoms with E-state index in [4.69, 9.17) is 16.7 Å². The third-order valence-corrected chi connectivity index (χ3v) is 6.37. The van der Waals surface area contributed by atoms with Crippen LogP contribution < -0.4 is 15.8 Å². The lowest BCUT2D eigenvalue weighted by Crippen LogP contribution is -2.12. The molecule has 0 radical (unpaired) electrons. The molecular formula is C18H16ClN3O3S2. The van der Waals surface area contributed by atoms with E-state index in [0.29, 0.717) is 17.3 Å². The molecule has 9 heteroatoms. The Balaban J connectivity index is 1.66. The van der Waals surface area contributed by atoms with E-state index in [1.165, 1.54) is 11.4 Å². The van der Waals surface area contributed by atoms with Crippen LogP contribution in [-0.4, -0.2) is 14.3 Å². The van der Waals surface area contributed by atoms with Crippen LogP contribution in [0.2, 0.25) is 5.02 Å². The molecule has 0 bridgehead atoms. The number of thiophene rings is 1. The molecule has 6 nitrogen and oxygen atoms in total. The third kappa shape index (κ3) is 5.08. The molecule has 140 valence electrons. The number of halogens is 1. The average molecular weight is 422 g/mol. The monoisotopic (exact) mass is 421 g/mol. The van der Waals surface area contributed by atoms with Crippen molar-refractivity contribution in [2.24, 2.45) is 5.14 Å². The van der Waals surface area contributed by atoms with Crippen LogP contribution in [0.15, 0.2) is 64.2 Å². The topological polar surface area (TPSA) is 101 Å². The smallest absolute Gasteiger partial charge is 0.256 e. The van der Waals surface area contributed by atoms with Crippen molar-refractivity contribution in [2.45, 2.75) is 10.8 Å². The summed E-state index contributed by atoms with van der Waals surface area (Å²) in [6.07, 6.45) is 0. The average Bonchev–Trinajstić information content (AvgIpc) is 3.13. The number of carbonyl (C=O) groups is 1. The number of amides is 1. The number of rotatable bonds is 6. The number of primary sulfonamides is 1. The molecule has 0 aliphatic rings. The van der Waals surface area contributed by atoms with Gasteiger partial charge in [-0.25, -0.2) is 13.6 Å². The summed E-state index contributed by atoms with van der Waals surface area (Å²) in [5, 5.41) is 12.9. The quantitative estimate of drug-likeness (QED) is 0.561. The van der Waals surface area contributed by atoms with Gasteiger partial charge in [-0.1, -0.05) is 41.9 Å². The predicted octanol–water partition coefficient (Wildman–Crippen LogP) is 3.91. The summed E-state index contributed by atoms with van der Waals surface area (Å²) in [7, 11) is -3.82. The molecule has 3 aromatic rings. The van der Waals surface area contributed by atoms with E-state index in [2.05, 4.69) is 10.6 Å². The molecule has 3 rings (SSSR count). The summed E-state index contributed by atoms with van der Waals surface area (Å²) in [5.74, 6) is -0.442. The second-order valence-corrected chi connectivity index (χ2v) is 8.79. The minimum Gasteiger partial charge on any atom is -0.380 e. The SMILES string of the molecule is NS(=O)(=O)c1cc(C(=O)Nc2ccc(NCc3ccccc3)c(Cl)c2)cs1. The molecule has 1 aromatic heterocycles. The lowest BCUT2D eigenvalue weighted by molar-refractivity contribution is 0.102. The van der Waals surface area contributed by atoms with E-state index in [9.17, 15) is 13.2 Å². The van der Waals surface area contributed by atoms with Gasteiger partial charge in [-0.2, -0.15) is 0 Å². The van der Waals surface area contributed by atoms with Gasteiger partial charge in [0.2, 0.25) is 10.0 Å². The van der Waals surface area contributed by atoms with Gasteiger partial charge in [-0.15, -0.1) is 11.3 Å². The van der Waals surface area contributed by atoms with Crippen LogP contribution in [0.5, 0.6) is 0 Å². The van der Waals surface area contributed by atoms with Crippen molar-refractivity contribution in [1.29, 1.82) is 0 Å². The number of hydrogen-bond acceptors (Lipinski definition) is 5. The Bertz CT molecular complexity index is 1070. The van der Waals surface area contributed by atoms with Crippen molar-refractivity contribution < 1.29 is 13.2 Å². The maximum absolute atomic E-state index is 12.3. The fourth-order valence-electron chi connectivity index (χ4n) is 2.32. The van der Waals surface area contributed by atoms with Crippen LogP contribution in [0.3, 0.4) is 0 Å². The number of benzene rings is 2. The molecule has 0 saturated carbocycles. The Labute approximate surface area is 166 Å². The van der Waals surface area contributed by atoms with Crippen LogP contribution in [0.1, 0.15) is 15.9 Å². The molecule has 2 aromatic carbocycles. The van der Waals surface area contributed by atoms with Gasteiger partial charge in [0.1, 0.15) is 4.21 Å². The molecule has 0 atom stereocenters. The van der Waals surface area contributed by atoms with Gasteiger partial charge in [-0.3, -0.25) is 4.79 Å². The lowest BCUT2D eigenvalue weighted by atomic mass is 10.2. The summed E-state index contributed by atoms with van der Waals surface area (Å²) in [6, 6.07) is 16.2. The van der Waals surface area contributed by atoms with E-state index in [-0.39, 0.29) is 9.77 Å². The molecule has 27 heavy (non-hydrogen) atoms. The summed E-state index contributed by atoms with van der Waals surface area (Å²) in [6.45, 7) is 0.623. The maximum atomic E-state index is 12.3. The highest BCUT2D eigenvalue weighted by Crippen LogP contribution is 2.27. The zero-order chi connectivity index (χ0) is 19.4. The Hall–Kier alpha value is -2.39. The zero-order valence-corrected chi connectivity index (χ0v) is 16.4. The second kappa shape index (κ2) is 8.10. The van der Waals surface area contributed by atoms with Crippen molar-refractivity contribution in [3.8, 4) is 0 Å². The number of hydrogen-bond donors (Lipinski definition) is 3. The van der Waals surface area contributed by atoms with Gasteiger partial charge in [0.25, 0.3) is 5.91 Å². The van der Waals surface area contributed by atoms with Crippen LogP contribution in [-0.2, 0) is 16.6 Å². The predicted molar refractivity (Wildman–Crippen MR) is 109 cm³/mol. The van der Waals surface area contributed by atoms with E-state index >= 15 is 0 Å². The largest absolute Gasteiger partial charge is 0.380 e. The number of nitrogens with one attached hydrogen (secondary N) is 2. The van der Waals surface area contributed by atoms with Gasteiger partial charge in [0.15, 0.2) is 0 Å². The first kappa shape index (κ1) is 19.4. The van der Waals surface area contributed by atoms with Crippen molar-refractivity contribution in [3.63, 3.8) is 0 Å². The summed E-state index contributed by atoms with van der Waals surface area (Å²) >= 11 is 7.18. The number of sulfonamides is 1. The molecule has 0 aliphatic carbocycles.